The second-order valence-electron chi connectivity index (χ2n) is 6.24. The van der Waals surface area contributed by atoms with Gasteiger partial charge in [0.1, 0.15) is 5.75 Å². The van der Waals surface area contributed by atoms with Crippen molar-refractivity contribution in [2.75, 3.05) is 6.61 Å². The lowest BCUT2D eigenvalue weighted by atomic mass is 9.96. The first-order chi connectivity index (χ1) is 11.2. The maximum Gasteiger partial charge on any atom is 0.251 e. The first kappa shape index (κ1) is 14.3. The van der Waals surface area contributed by atoms with Gasteiger partial charge in [-0.1, -0.05) is 24.3 Å². The van der Waals surface area contributed by atoms with Gasteiger partial charge in [-0.25, -0.2) is 0 Å². The maximum atomic E-state index is 12.7. The second kappa shape index (κ2) is 5.70. The Morgan fingerprint density at radius 2 is 1.91 bits per heavy atom. The number of phenolic OH excluding ortho intramolecular Hbond substituents is 1. The highest BCUT2D eigenvalue weighted by molar-refractivity contribution is 5.96. The third-order valence-corrected chi connectivity index (χ3v) is 4.77. The van der Waals surface area contributed by atoms with E-state index in [1.165, 1.54) is 0 Å². The SMILES string of the molecule is O=C(N[C@H]1Cc2cccc(O)c2C1)c1cccc2c1CCOC2. The molecule has 0 radical (unpaired) electrons. The van der Waals surface area contributed by atoms with Crippen molar-refractivity contribution in [1.29, 1.82) is 0 Å². The van der Waals surface area contributed by atoms with Gasteiger partial charge in [-0.2, -0.15) is 0 Å². The Hall–Kier alpha value is -2.33. The van der Waals surface area contributed by atoms with Gasteiger partial charge in [0.05, 0.1) is 13.2 Å². The van der Waals surface area contributed by atoms with E-state index in [0.717, 1.165) is 40.7 Å². The molecule has 2 aromatic carbocycles. The van der Waals surface area contributed by atoms with Crippen molar-refractivity contribution >= 4 is 5.91 Å². The lowest BCUT2D eigenvalue weighted by Gasteiger charge is -2.20. The summed E-state index contributed by atoms with van der Waals surface area (Å²) in [6.07, 6.45) is 2.24. The Labute approximate surface area is 135 Å². The third-order valence-electron chi connectivity index (χ3n) is 4.77. The predicted octanol–water partition coefficient (Wildman–Crippen LogP) is 2.36. The summed E-state index contributed by atoms with van der Waals surface area (Å²) in [5.41, 5.74) is 5.05. The Bertz CT molecular complexity index is 769. The van der Waals surface area contributed by atoms with Crippen molar-refractivity contribution in [3.8, 4) is 5.75 Å². The van der Waals surface area contributed by atoms with Gasteiger partial charge < -0.3 is 15.2 Å². The predicted molar refractivity (Wildman–Crippen MR) is 86.6 cm³/mol. The Morgan fingerprint density at radius 3 is 2.78 bits per heavy atom. The number of nitrogens with one attached hydrogen (secondary N) is 1. The Balaban J connectivity index is 1.53. The minimum absolute atomic E-state index is 0.0268. The normalized spacial score (nSPS) is 19.0. The van der Waals surface area contributed by atoms with E-state index >= 15 is 0 Å². The first-order valence-corrected chi connectivity index (χ1v) is 8.01. The smallest absolute Gasteiger partial charge is 0.251 e. The van der Waals surface area contributed by atoms with Crippen molar-refractivity contribution in [2.24, 2.45) is 0 Å². The van der Waals surface area contributed by atoms with Crippen LogP contribution in [0, 0.1) is 0 Å². The fourth-order valence-corrected chi connectivity index (χ4v) is 3.63. The average molecular weight is 309 g/mol. The minimum atomic E-state index is -0.0268. The van der Waals surface area contributed by atoms with E-state index in [-0.39, 0.29) is 11.9 Å². The molecule has 0 aromatic heterocycles. The zero-order valence-corrected chi connectivity index (χ0v) is 12.8. The molecule has 23 heavy (non-hydrogen) atoms. The highest BCUT2D eigenvalue weighted by Crippen LogP contribution is 2.30. The molecule has 4 rings (SSSR count). The summed E-state index contributed by atoms with van der Waals surface area (Å²) in [6.45, 7) is 1.25. The molecule has 1 atom stereocenters. The fraction of sp³-hybridized carbons (Fsp3) is 0.316. The lowest BCUT2D eigenvalue weighted by Crippen LogP contribution is -2.36. The van der Waals surface area contributed by atoms with Gasteiger partial charge in [0.15, 0.2) is 0 Å². The van der Waals surface area contributed by atoms with E-state index in [4.69, 9.17) is 4.74 Å². The van der Waals surface area contributed by atoms with Crippen LogP contribution in [-0.4, -0.2) is 23.7 Å². The molecule has 4 nitrogen and oxygen atoms in total. The summed E-state index contributed by atoms with van der Waals surface area (Å²) in [6, 6.07) is 11.4. The fourth-order valence-electron chi connectivity index (χ4n) is 3.63. The number of phenols is 1. The number of amides is 1. The van der Waals surface area contributed by atoms with E-state index in [9.17, 15) is 9.90 Å². The van der Waals surface area contributed by atoms with Crippen molar-refractivity contribution in [3.63, 3.8) is 0 Å². The number of ether oxygens (including phenoxy) is 1. The van der Waals surface area contributed by atoms with Gasteiger partial charge in [0.2, 0.25) is 0 Å². The van der Waals surface area contributed by atoms with Crippen molar-refractivity contribution in [2.45, 2.75) is 31.9 Å². The molecule has 2 aromatic rings. The van der Waals surface area contributed by atoms with Gasteiger partial charge in [-0.05, 0) is 53.6 Å². The first-order valence-electron chi connectivity index (χ1n) is 8.01. The number of hydrogen-bond acceptors (Lipinski definition) is 3. The molecule has 0 spiro atoms. The highest BCUT2D eigenvalue weighted by atomic mass is 16.5. The summed E-state index contributed by atoms with van der Waals surface area (Å²) in [7, 11) is 0. The van der Waals surface area contributed by atoms with E-state index in [2.05, 4.69) is 5.32 Å². The van der Waals surface area contributed by atoms with Crippen LogP contribution >= 0.6 is 0 Å². The number of carbonyl (C=O) groups is 1. The molecular formula is C19H19NO3. The maximum absolute atomic E-state index is 12.7. The van der Waals surface area contributed by atoms with Crippen LogP contribution in [0.5, 0.6) is 5.75 Å². The van der Waals surface area contributed by atoms with Crippen molar-refractivity contribution in [1.82, 2.24) is 5.32 Å². The molecule has 0 bridgehead atoms. The summed E-state index contributed by atoms with van der Waals surface area (Å²) in [4.78, 5) is 12.7. The number of benzene rings is 2. The van der Waals surface area contributed by atoms with Crippen LogP contribution in [0.15, 0.2) is 36.4 Å². The number of fused-ring (bicyclic) bond motifs is 2. The molecule has 4 heteroatoms. The molecule has 1 heterocycles. The van der Waals surface area contributed by atoms with Crippen molar-refractivity contribution < 1.29 is 14.6 Å². The van der Waals surface area contributed by atoms with Gasteiger partial charge >= 0.3 is 0 Å². The number of aromatic hydroxyl groups is 1. The van der Waals surface area contributed by atoms with Crippen molar-refractivity contribution in [3.05, 3.63) is 64.2 Å². The zero-order valence-electron chi connectivity index (χ0n) is 12.8. The third kappa shape index (κ3) is 2.59. The van der Waals surface area contributed by atoms with E-state index in [0.29, 0.717) is 25.4 Å². The standard InChI is InChI=1S/C19H19NO3/c21-18-6-2-3-12-9-14(10-17(12)18)20-19(22)16-5-1-4-13-11-23-8-7-15(13)16/h1-6,14,21H,7-11H2,(H,20,22)/t14-/m0/s1. The number of rotatable bonds is 2. The monoisotopic (exact) mass is 309 g/mol. The van der Waals surface area contributed by atoms with Gasteiger partial charge in [-0.3, -0.25) is 4.79 Å². The van der Waals surface area contributed by atoms with Crippen LogP contribution in [0.3, 0.4) is 0 Å². The molecule has 118 valence electrons. The molecule has 1 aliphatic heterocycles. The molecule has 1 aliphatic carbocycles. The van der Waals surface area contributed by atoms with Crippen LogP contribution in [0.1, 0.15) is 32.6 Å². The molecule has 2 N–H and O–H groups in total. The summed E-state index contributed by atoms with van der Waals surface area (Å²) >= 11 is 0. The molecule has 2 aliphatic rings. The van der Waals surface area contributed by atoms with Crippen LogP contribution in [0.25, 0.3) is 0 Å². The van der Waals surface area contributed by atoms with Gasteiger partial charge in [0, 0.05) is 11.6 Å². The molecule has 1 amide bonds. The van der Waals surface area contributed by atoms with Crippen LogP contribution in [0.4, 0.5) is 0 Å². The highest BCUT2D eigenvalue weighted by Gasteiger charge is 2.26. The van der Waals surface area contributed by atoms with Crippen LogP contribution in [-0.2, 0) is 30.6 Å². The molecular weight excluding hydrogens is 290 g/mol. The average Bonchev–Trinajstić information content (AvgIpc) is 2.98. The molecule has 0 saturated carbocycles. The number of carbonyl (C=O) groups excluding carboxylic acids is 1. The van der Waals surface area contributed by atoms with Crippen LogP contribution < -0.4 is 5.32 Å². The zero-order chi connectivity index (χ0) is 15.8. The quantitative estimate of drug-likeness (QED) is 0.895. The topological polar surface area (TPSA) is 58.6 Å². The summed E-state index contributed by atoms with van der Waals surface area (Å²) in [5.74, 6) is 0.300. The summed E-state index contributed by atoms with van der Waals surface area (Å²) in [5, 5.41) is 13.1. The minimum Gasteiger partial charge on any atom is -0.508 e. The molecule has 0 unspecified atom stereocenters. The van der Waals surface area contributed by atoms with E-state index < -0.39 is 0 Å². The van der Waals surface area contributed by atoms with E-state index in [1.54, 1.807) is 6.07 Å². The Kier molecular flexibility index (Phi) is 3.54. The molecule has 0 fully saturated rings. The van der Waals surface area contributed by atoms with Gasteiger partial charge in [0.25, 0.3) is 5.91 Å². The molecule has 0 saturated heterocycles. The summed E-state index contributed by atoms with van der Waals surface area (Å²) < 4.78 is 5.46. The lowest BCUT2D eigenvalue weighted by molar-refractivity contribution is 0.0927. The second-order valence-corrected chi connectivity index (χ2v) is 6.24. The van der Waals surface area contributed by atoms with Crippen LogP contribution in [0.2, 0.25) is 0 Å². The largest absolute Gasteiger partial charge is 0.508 e. The van der Waals surface area contributed by atoms with Gasteiger partial charge in [-0.15, -0.1) is 0 Å². The van der Waals surface area contributed by atoms with E-state index in [1.807, 2.05) is 30.3 Å². The Morgan fingerprint density at radius 1 is 1.09 bits per heavy atom. The number of hydrogen-bond donors (Lipinski definition) is 2.